The topological polar surface area (TPSA) is 98.7 Å². The molecule has 8 heteroatoms. The Morgan fingerprint density at radius 1 is 1.00 bits per heavy atom. The summed E-state index contributed by atoms with van der Waals surface area (Å²) in [7, 11) is 0. The van der Waals surface area contributed by atoms with Gasteiger partial charge < -0.3 is 20.6 Å². The summed E-state index contributed by atoms with van der Waals surface area (Å²) in [6, 6.07) is 18.8. The maximum absolute atomic E-state index is 13.9. The van der Waals surface area contributed by atoms with E-state index in [0.717, 1.165) is 17.5 Å². The van der Waals surface area contributed by atoms with E-state index in [1.165, 1.54) is 0 Å². The van der Waals surface area contributed by atoms with E-state index in [4.69, 9.17) is 0 Å². The lowest BCUT2D eigenvalue weighted by Crippen LogP contribution is -2.56. The van der Waals surface area contributed by atoms with Crippen LogP contribution in [-0.4, -0.2) is 56.9 Å². The Bertz CT molecular complexity index is 1110. The number of likely N-dealkylation sites (tertiary alicyclic amines) is 1. The minimum Gasteiger partial charge on any atom is -0.396 e. The number of aliphatic hydroxyl groups excluding tert-OH is 1. The first-order valence-electron chi connectivity index (χ1n) is 12.7. The molecule has 36 heavy (non-hydrogen) atoms. The Labute approximate surface area is 216 Å². The minimum atomic E-state index is -0.665. The van der Waals surface area contributed by atoms with E-state index >= 15 is 0 Å². The van der Waals surface area contributed by atoms with Gasteiger partial charge >= 0.3 is 0 Å². The number of fused-ring (bicyclic) bond motifs is 1. The monoisotopic (exact) mass is 507 g/mol. The third-order valence-corrected chi connectivity index (χ3v) is 10.0. The highest BCUT2D eigenvalue weighted by Gasteiger charge is 2.75. The number of carbonyl (C=O) groups is 3. The van der Waals surface area contributed by atoms with Crippen LogP contribution in [0.1, 0.15) is 30.9 Å². The lowest BCUT2D eigenvalue weighted by Gasteiger charge is -2.38. The maximum Gasteiger partial charge on any atom is 0.244 e. The molecule has 3 amide bonds. The molecule has 5 rings (SSSR count). The molecule has 0 aliphatic carbocycles. The molecule has 3 N–H and O–H groups in total. The van der Waals surface area contributed by atoms with Crippen LogP contribution in [0.3, 0.4) is 0 Å². The van der Waals surface area contributed by atoms with Gasteiger partial charge in [-0.2, -0.15) is 0 Å². The molecule has 3 unspecified atom stereocenters. The fourth-order valence-electron chi connectivity index (χ4n) is 6.39. The maximum atomic E-state index is 13.9. The predicted octanol–water partition coefficient (Wildman–Crippen LogP) is 2.34. The molecule has 2 bridgehead atoms. The summed E-state index contributed by atoms with van der Waals surface area (Å²) in [5, 5.41) is 15.6. The summed E-state index contributed by atoms with van der Waals surface area (Å²) in [5.41, 5.74) is 1.99. The Balaban J connectivity index is 1.40. The molecule has 0 aromatic heterocycles. The molecule has 0 saturated carbocycles. The fraction of sp³-hybridized carbons (Fsp3) is 0.464. The molecule has 3 fully saturated rings. The van der Waals surface area contributed by atoms with Crippen LogP contribution < -0.4 is 10.6 Å². The number of hydrogen-bond acceptors (Lipinski definition) is 5. The summed E-state index contributed by atoms with van der Waals surface area (Å²) in [5.74, 6) is -1.32. The summed E-state index contributed by atoms with van der Waals surface area (Å²) in [6.45, 7) is 3.13. The Kier molecular flexibility index (Phi) is 7.08. The molecule has 3 aliphatic heterocycles. The van der Waals surface area contributed by atoms with Crippen LogP contribution in [-0.2, 0) is 27.5 Å². The third kappa shape index (κ3) is 4.20. The summed E-state index contributed by atoms with van der Waals surface area (Å²) in [4.78, 5) is 42.7. The highest BCUT2D eigenvalue weighted by atomic mass is 32.2. The van der Waals surface area contributed by atoms with Crippen LogP contribution >= 0.6 is 11.8 Å². The van der Waals surface area contributed by atoms with Gasteiger partial charge in [-0.1, -0.05) is 67.6 Å². The molecule has 3 saturated heterocycles. The first-order chi connectivity index (χ1) is 17.5. The second kappa shape index (κ2) is 10.3. The van der Waals surface area contributed by atoms with Gasteiger partial charge in [0.1, 0.15) is 6.04 Å². The molecular weight excluding hydrogens is 474 g/mol. The summed E-state index contributed by atoms with van der Waals surface area (Å²) in [6.07, 6.45) is 1.19. The van der Waals surface area contributed by atoms with Gasteiger partial charge in [-0.3, -0.25) is 14.4 Å². The van der Waals surface area contributed by atoms with Crippen LogP contribution in [0.25, 0.3) is 0 Å². The summed E-state index contributed by atoms with van der Waals surface area (Å²) >= 11 is 1.67. The third-order valence-electron chi connectivity index (χ3n) is 7.97. The molecule has 6 atom stereocenters. The van der Waals surface area contributed by atoms with Gasteiger partial charge in [-0.25, -0.2) is 0 Å². The summed E-state index contributed by atoms with van der Waals surface area (Å²) < 4.78 is -0.646. The van der Waals surface area contributed by atoms with E-state index in [2.05, 4.69) is 17.6 Å². The zero-order valence-electron chi connectivity index (χ0n) is 20.4. The van der Waals surface area contributed by atoms with Gasteiger partial charge in [0, 0.05) is 31.5 Å². The van der Waals surface area contributed by atoms with E-state index in [1.807, 2.05) is 60.7 Å². The highest BCUT2D eigenvalue weighted by Crippen LogP contribution is 2.68. The van der Waals surface area contributed by atoms with Crippen LogP contribution in [0, 0.1) is 17.8 Å². The van der Waals surface area contributed by atoms with Crippen molar-refractivity contribution < 1.29 is 19.5 Å². The number of nitrogens with one attached hydrogen (secondary N) is 2. The normalized spacial score (nSPS) is 30.3. The van der Waals surface area contributed by atoms with Gasteiger partial charge in [0.25, 0.3) is 0 Å². The van der Waals surface area contributed by atoms with Gasteiger partial charge in [0.15, 0.2) is 0 Å². The van der Waals surface area contributed by atoms with Crippen molar-refractivity contribution in [1.29, 1.82) is 0 Å². The number of nitrogens with zero attached hydrogens (tertiary/aromatic N) is 1. The number of aliphatic hydroxyl groups is 1. The Morgan fingerprint density at radius 2 is 1.58 bits per heavy atom. The van der Waals surface area contributed by atoms with Crippen molar-refractivity contribution in [2.45, 2.75) is 48.9 Å². The number of benzene rings is 2. The average molecular weight is 508 g/mol. The minimum absolute atomic E-state index is 0.00846. The fourth-order valence-corrected chi connectivity index (χ4v) is 8.81. The molecule has 1 spiro atoms. The molecule has 7 nitrogen and oxygen atoms in total. The SMILES string of the molecule is CC1C[C@@H]2SC13C(C(=O)NCc1ccccc1)N(CCCO)C(=O)[C@@H]3[C@@H]2C(=O)NCc1ccccc1. The second-order valence-corrected chi connectivity index (χ2v) is 11.6. The number of thioether (sulfide) groups is 1. The molecule has 190 valence electrons. The Hall–Kier alpha value is -2.84. The van der Waals surface area contributed by atoms with Gasteiger partial charge in [0.2, 0.25) is 17.7 Å². The quantitative estimate of drug-likeness (QED) is 0.484. The second-order valence-electron chi connectivity index (χ2n) is 10.1. The largest absolute Gasteiger partial charge is 0.396 e. The van der Waals surface area contributed by atoms with Gasteiger partial charge in [-0.15, -0.1) is 11.8 Å². The van der Waals surface area contributed by atoms with E-state index in [9.17, 15) is 19.5 Å². The van der Waals surface area contributed by atoms with Crippen molar-refractivity contribution in [3.8, 4) is 0 Å². The van der Waals surface area contributed by atoms with E-state index in [-0.39, 0.29) is 35.5 Å². The number of carbonyl (C=O) groups excluding carboxylic acids is 3. The zero-order chi connectivity index (χ0) is 25.3. The van der Waals surface area contributed by atoms with Crippen molar-refractivity contribution in [1.82, 2.24) is 15.5 Å². The average Bonchev–Trinajstić information content (AvgIpc) is 3.49. The van der Waals surface area contributed by atoms with E-state index in [0.29, 0.717) is 26.1 Å². The lowest BCUT2D eigenvalue weighted by molar-refractivity contribution is -0.140. The van der Waals surface area contributed by atoms with Crippen LogP contribution in [0.5, 0.6) is 0 Å². The molecule has 3 aliphatic rings. The first-order valence-corrected chi connectivity index (χ1v) is 13.6. The lowest BCUT2D eigenvalue weighted by atomic mass is 9.66. The number of amides is 3. The van der Waals surface area contributed by atoms with Crippen molar-refractivity contribution in [2.75, 3.05) is 13.2 Å². The van der Waals surface area contributed by atoms with Crippen molar-refractivity contribution in [3.05, 3.63) is 71.8 Å². The number of hydrogen-bond donors (Lipinski definition) is 3. The van der Waals surface area contributed by atoms with Crippen LogP contribution in [0.4, 0.5) is 0 Å². The van der Waals surface area contributed by atoms with E-state index < -0.39 is 22.6 Å². The number of rotatable bonds is 9. The van der Waals surface area contributed by atoms with Gasteiger partial charge in [-0.05, 0) is 29.9 Å². The van der Waals surface area contributed by atoms with Crippen molar-refractivity contribution >= 4 is 29.5 Å². The molecular formula is C28H33N3O4S. The van der Waals surface area contributed by atoms with Crippen molar-refractivity contribution in [2.24, 2.45) is 17.8 Å². The smallest absolute Gasteiger partial charge is 0.244 e. The van der Waals surface area contributed by atoms with Crippen LogP contribution in [0.2, 0.25) is 0 Å². The molecule has 0 radical (unpaired) electrons. The highest BCUT2D eigenvalue weighted by molar-refractivity contribution is 8.02. The molecule has 2 aromatic carbocycles. The zero-order valence-corrected chi connectivity index (χ0v) is 21.2. The van der Waals surface area contributed by atoms with E-state index in [1.54, 1.807) is 16.7 Å². The molecule has 2 aromatic rings. The first kappa shape index (κ1) is 24.8. The molecule has 3 heterocycles. The standard InChI is InChI=1S/C28H33N3O4S/c1-18-15-21-22(25(33)29-16-19-9-4-2-5-10-19)23-27(35)31(13-8-14-32)24(28(18,23)36-21)26(34)30-17-20-11-6-3-7-12-20/h2-7,9-12,18,21-24,32H,8,13-17H2,1H3,(H,29,33)(H,30,34)/t18?,21-,22+,23-,24?,28?/m0/s1. The van der Waals surface area contributed by atoms with Crippen molar-refractivity contribution in [3.63, 3.8) is 0 Å². The van der Waals surface area contributed by atoms with Gasteiger partial charge in [0.05, 0.1) is 16.6 Å². The predicted molar refractivity (Wildman–Crippen MR) is 139 cm³/mol. The van der Waals surface area contributed by atoms with Crippen LogP contribution in [0.15, 0.2) is 60.7 Å². The Morgan fingerprint density at radius 3 is 2.17 bits per heavy atom.